The SMILES string of the molecule is c1ccc(-n2c3ccccc3c3ccc(-c4nnc(-n5c6cc7ccccc7cc6c6c7c8ccccc8n8c9ccccc9c(cc65)c78)c5ccccc45)cc32)cc1. The molecular weight excluding hydrogens is 719 g/mol. The molecule has 5 heteroatoms. The van der Waals surface area contributed by atoms with Crippen LogP contribution in [0.3, 0.4) is 0 Å². The van der Waals surface area contributed by atoms with Crippen LogP contribution in [0.4, 0.5) is 0 Å². The molecule has 0 N–H and O–H groups in total. The zero-order valence-electron chi connectivity index (χ0n) is 31.6. The van der Waals surface area contributed by atoms with Gasteiger partial charge in [-0.05, 0) is 65.4 Å². The van der Waals surface area contributed by atoms with Crippen LogP contribution >= 0.6 is 0 Å². The fraction of sp³-hybridized carbons (Fsp3) is 0. The van der Waals surface area contributed by atoms with Crippen LogP contribution in [-0.2, 0) is 0 Å². The second kappa shape index (κ2) is 11.3. The number of para-hydroxylation sites is 4. The van der Waals surface area contributed by atoms with Crippen molar-refractivity contribution in [1.82, 2.24) is 23.7 Å². The van der Waals surface area contributed by atoms with Crippen molar-refractivity contribution in [2.24, 2.45) is 0 Å². The molecule has 5 nitrogen and oxygen atoms in total. The van der Waals surface area contributed by atoms with Crippen molar-refractivity contribution in [3.63, 3.8) is 0 Å². The van der Waals surface area contributed by atoms with E-state index in [0.717, 1.165) is 50.1 Å². The Bertz CT molecular complexity index is 4070. The Balaban J connectivity index is 1.10. The Kier molecular flexibility index (Phi) is 5.96. The minimum Gasteiger partial charge on any atom is -0.309 e. The number of nitrogens with zero attached hydrogens (tertiary/aromatic N) is 5. The Morgan fingerprint density at radius 1 is 0.322 bits per heavy atom. The quantitative estimate of drug-likeness (QED) is 0.180. The van der Waals surface area contributed by atoms with E-state index in [1.807, 2.05) is 0 Å². The molecule has 5 aromatic heterocycles. The highest BCUT2D eigenvalue weighted by Gasteiger charge is 2.26. The van der Waals surface area contributed by atoms with E-state index in [-0.39, 0.29) is 0 Å². The van der Waals surface area contributed by atoms with Crippen LogP contribution in [-0.4, -0.2) is 23.7 Å². The number of benzene rings is 9. The summed E-state index contributed by atoms with van der Waals surface area (Å²) in [6.07, 6.45) is 0. The Morgan fingerprint density at radius 3 is 1.71 bits per heavy atom. The van der Waals surface area contributed by atoms with Gasteiger partial charge in [0, 0.05) is 65.1 Å². The van der Waals surface area contributed by atoms with Crippen LogP contribution < -0.4 is 0 Å². The molecule has 0 saturated heterocycles. The Morgan fingerprint density at radius 2 is 0.915 bits per heavy atom. The molecule has 0 spiro atoms. The number of aromatic nitrogens is 5. The van der Waals surface area contributed by atoms with Crippen molar-refractivity contribution >= 4 is 103 Å². The molecule has 14 rings (SSSR count). The van der Waals surface area contributed by atoms with Crippen molar-refractivity contribution < 1.29 is 0 Å². The molecule has 0 unspecified atom stereocenters. The topological polar surface area (TPSA) is 40.0 Å². The maximum Gasteiger partial charge on any atom is 0.168 e. The zero-order valence-corrected chi connectivity index (χ0v) is 31.6. The Labute approximate surface area is 336 Å². The molecule has 5 heterocycles. The van der Waals surface area contributed by atoms with Crippen molar-refractivity contribution in [3.05, 3.63) is 188 Å². The molecule has 14 aromatic rings. The molecule has 0 fully saturated rings. The number of hydrogen-bond acceptors (Lipinski definition) is 2. The van der Waals surface area contributed by atoms with E-state index in [1.54, 1.807) is 0 Å². The fourth-order valence-electron chi connectivity index (χ4n) is 10.4. The zero-order chi connectivity index (χ0) is 38.3. The maximum atomic E-state index is 5.25. The first-order valence-corrected chi connectivity index (χ1v) is 20.2. The van der Waals surface area contributed by atoms with Crippen molar-refractivity contribution in [2.45, 2.75) is 0 Å². The summed E-state index contributed by atoms with van der Waals surface area (Å²) in [5.74, 6) is 0.820. The molecule has 0 atom stereocenters. The lowest BCUT2D eigenvalue weighted by Gasteiger charge is -2.13. The summed E-state index contributed by atoms with van der Waals surface area (Å²) in [5, 5.41) is 24.8. The third-order valence-electron chi connectivity index (χ3n) is 12.8. The monoisotopic (exact) mass is 749 g/mol. The summed E-state index contributed by atoms with van der Waals surface area (Å²) in [5.41, 5.74) is 11.3. The van der Waals surface area contributed by atoms with Gasteiger partial charge in [0.2, 0.25) is 0 Å². The van der Waals surface area contributed by atoms with Crippen LogP contribution in [0.1, 0.15) is 0 Å². The van der Waals surface area contributed by atoms with Crippen molar-refractivity contribution in [2.75, 3.05) is 0 Å². The highest BCUT2D eigenvalue weighted by Crippen LogP contribution is 2.48. The summed E-state index contributed by atoms with van der Waals surface area (Å²) in [6.45, 7) is 0. The van der Waals surface area contributed by atoms with Gasteiger partial charge in [-0.1, -0.05) is 133 Å². The Hall–Kier alpha value is -8.02. The summed E-state index contributed by atoms with van der Waals surface area (Å²) < 4.78 is 7.22. The smallest absolute Gasteiger partial charge is 0.168 e. The molecule has 0 aliphatic heterocycles. The van der Waals surface area contributed by atoms with Crippen molar-refractivity contribution in [3.8, 4) is 22.8 Å². The summed E-state index contributed by atoms with van der Waals surface area (Å²) in [7, 11) is 0. The molecule has 0 aliphatic carbocycles. The second-order valence-electron chi connectivity index (χ2n) is 15.8. The highest BCUT2D eigenvalue weighted by molar-refractivity contribution is 6.36. The average Bonchev–Trinajstić information content (AvgIpc) is 4.02. The molecule has 59 heavy (non-hydrogen) atoms. The highest BCUT2D eigenvalue weighted by atomic mass is 15.2. The molecular formula is C54H31N5. The van der Waals surface area contributed by atoms with Gasteiger partial charge in [0.15, 0.2) is 5.82 Å². The largest absolute Gasteiger partial charge is 0.309 e. The van der Waals surface area contributed by atoms with Crippen LogP contribution in [0.25, 0.3) is 126 Å². The molecule has 0 saturated carbocycles. The van der Waals surface area contributed by atoms with Crippen LogP contribution in [0.2, 0.25) is 0 Å². The van der Waals surface area contributed by atoms with Gasteiger partial charge in [0.1, 0.15) is 5.69 Å². The lowest BCUT2D eigenvalue weighted by atomic mass is 10.0. The minimum absolute atomic E-state index is 0.820. The summed E-state index contributed by atoms with van der Waals surface area (Å²) in [6, 6.07) is 68.2. The molecule has 9 aromatic carbocycles. The minimum atomic E-state index is 0.820. The maximum absolute atomic E-state index is 5.25. The van der Waals surface area contributed by atoms with Gasteiger partial charge in [0.05, 0.1) is 38.6 Å². The predicted octanol–water partition coefficient (Wildman–Crippen LogP) is 13.8. The van der Waals surface area contributed by atoms with Crippen LogP contribution in [0.15, 0.2) is 188 Å². The van der Waals surface area contributed by atoms with E-state index in [1.165, 1.54) is 75.9 Å². The van der Waals surface area contributed by atoms with Gasteiger partial charge in [0.25, 0.3) is 0 Å². The summed E-state index contributed by atoms with van der Waals surface area (Å²) >= 11 is 0. The van der Waals surface area contributed by atoms with Gasteiger partial charge >= 0.3 is 0 Å². The lowest BCUT2D eigenvalue weighted by Crippen LogP contribution is -2.02. The standard InChI is InChI=1S/C54H31N5/c1-2-16-35(17-3-1)57-44-23-11-8-18-36(44)38-27-26-34(30-47(38)57)52-39-20-6-7-21-40(39)54(56-55-52)59-48-29-33-15-5-4-14-32(33)28-43(48)50-49(59)31-42-37-19-9-12-24-45(37)58-46-25-13-10-22-41(46)51(50)53(42)58/h1-31H. The van der Waals surface area contributed by atoms with E-state index < -0.39 is 0 Å². The average molecular weight is 750 g/mol. The first kappa shape index (κ1) is 31.1. The van der Waals surface area contributed by atoms with Gasteiger partial charge < -0.3 is 8.97 Å². The third kappa shape index (κ3) is 4.03. The molecule has 0 radical (unpaired) electrons. The van der Waals surface area contributed by atoms with Gasteiger partial charge in [-0.2, -0.15) is 0 Å². The van der Waals surface area contributed by atoms with E-state index in [0.29, 0.717) is 0 Å². The summed E-state index contributed by atoms with van der Waals surface area (Å²) in [4.78, 5) is 0. The molecule has 0 amide bonds. The molecule has 0 bridgehead atoms. The first-order valence-electron chi connectivity index (χ1n) is 20.2. The number of rotatable bonds is 3. The third-order valence-corrected chi connectivity index (χ3v) is 12.8. The van der Waals surface area contributed by atoms with Gasteiger partial charge in [-0.15, -0.1) is 10.2 Å². The van der Waals surface area contributed by atoms with E-state index >= 15 is 0 Å². The molecule has 272 valence electrons. The number of fused-ring (bicyclic) bond motifs is 15. The predicted molar refractivity (Wildman–Crippen MR) is 246 cm³/mol. The lowest BCUT2D eigenvalue weighted by molar-refractivity contribution is 0.977. The fourth-order valence-corrected chi connectivity index (χ4v) is 10.4. The van der Waals surface area contributed by atoms with Crippen LogP contribution in [0.5, 0.6) is 0 Å². The van der Waals surface area contributed by atoms with Gasteiger partial charge in [-0.3, -0.25) is 4.57 Å². The number of hydrogen-bond donors (Lipinski definition) is 0. The van der Waals surface area contributed by atoms with Crippen LogP contribution in [0, 0.1) is 0 Å². The van der Waals surface area contributed by atoms with E-state index in [4.69, 9.17) is 10.2 Å². The molecule has 0 aliphatic rings. The van der Waals surface area contributed by atoms with E-state index in [9.17, 15) is 0 Å². The normalized spacial score (nSPS) is 12.4. The van der Waals surface area contributed by atoms with Crippen molar-refractivity contribution in [1.29, 1.82) is 0 Å². The first-order chi connectivity index (χ1) is 29.3. The van der Waals surface area contributed by atoms with Gasteiger partial charge in [-0.25, -0.2) is 0 Å². The van der Waals surface area contributed by atoms with E-state index in [2.05, 4.69) is 202 Å². The second-order valence-corrected chi connectivity index (χ2v) is 15.8.